The Hall–Kier alpha value is -2.21. The fraction of sp³-hybridized carbons (Fsp3) is 0.143. The van der Waals surface area contributed by atoms with Gasteiger partial charge in [0.1, 0.15) is 23.0 Å². The summed E-state index contributed by atoms with van der Waals surface area (Å²) < 4.78 is 32.0. The van der Waals surface area contributed by atoms with Crippen molar-refractivity contribution in [3.05, 3.63) is 48.5 Å². The molecule has 0 atom stereocenters. The molecule has 0 saturated carbocycles. The van der Waals surface area contributed by atoms with Gasteiger partial charge in [-0.15, -0.1) is 0 Å². The first-order valence-corrected chi connectivity index (χ1v) is 6.78. The van der Waals surface area contributed by atoms with E-state index in [9.17, 15) is 4.21 Å². The highest BCUT2D eigenvalue weighted by molar-refractivity contribution is 7.75. The summed E-state index contributed by atoms with van der Waals surface area (Å²) in [6.07, 6.45) is 0. The smallest absolute Gasteiger partial charge is 0.417 e. The van der Waals surface area contributed by atoms with Gasteiger partial charge in [0.05, 0.1) is 14.2 Å². The number of methoxy groups -OCH3 is 2. The highest BCUT2D eigenvalue weighted by atomic mass is 32.2. The molecule has 5 nitrogen and oxygen atoms in total. The lowest BCUT2D eigenvalue weighted by Crippen LogP contribution is -2.07. The van der Waals surface area contributed by atoms with E-state index >= 15 is 0 Å². The monoisotopic (exact) mass is 294 g/mol. The van der Waals surface area contributed by atoms with Gasteiger partial charge in [0, 0.05) is 0 Å². The molecular formula is C14H14O5S. The van der Waals surface area contributed by atoms with E-state index in [1.54, 1.807) is 62.8 Å². The third-order valence-corrected chi connectivity index (χ3v) is 3.10. The molecule has 0 spiro atoms. The van der Waals surface area contributed by atoms with E-state index in [2.05, 4.69) is 0 Å². The van der Waals surface area contributed by atoms with Gasteiger partial charge in [0.15, 0.2) is 0 Å². The van der Waals surface area contributed by atoms with E-state index in [0.29, 0.717) is 23.0 Å². The summed E-state index contributed by atoms with van der Waals surface area (Å²) in [5.74, 6) is 2.24. The lowest BCUT2D eigenvalue weighted by molar-refractivity contribution is 0.412. The Morgan fingerprint density at radius 1 is 0.650 bits per heavy atom. The Bertz CT molecular complexity index is 514. The van der Waals surface area contributed by atoms with Crippen LogP contribution in [-0.4, -0.2) is 18.4 Å². The van der Waals surface area contributed by atoms with Gasteiger partial charge in [0.2, 0.25) is 0 Å². The van der Waals surface area contributed by atoms with Crippen molar-refractivity contribution in [3.8, 4) is 23.0 Å². The summed E-state index contributed by atoms with van der Waals surface area (Å²) in [5, 5.41) is 0. The standard InChI is InChI=1S/C14H14O5S/c1-16-11-3-7-13(8-4-11)18-20(15)19-14-9-5-12(17-2)6-10-14/h3-10H,1-2H3. The van der Waals surface area contributed by atoms with Crippen LogP contribution in [0.3, 0.4) is 0 Å². The molecule has 0 aromatic heterocycles. The maximum atomic E-state index is 11.7. The minimum absolute atomic E-state index is 0.428. The highest BCUT2D eigenvalue weighted by Crippen LogP contribution is 2.20. The average molecular weight is 294 g/mol. The van der Waals surface area contributed by atoms with Crippen LogP contribution in [-0.2, 0) is 11.4 Å². The third kappa shape index (κ3) is 3.89. The Morgan fingerprint density at radius 3 is 1.25 bits per heavy atom. The van der Waals surface area contributed by atoms with E-state index in [0.717, 1.165) is 0 Å². The number of ether oxygens (including phenoxy) is 2. The van der Waals surface area contributed by atoms with Crippen LogP contribution < -0.4 is 17.8 Å². The van der Waals surface area contributed by atoms with Gasteiger partial charge < -0.3 is 17.8 Å². The maximum absolute atomic E-state index is 11.7. The molecule has 0 amide bonds. The Morgan fingerprint density at radius 2 is 0.950 bits per heavy atom. The summed E-state index contributed by atoms with van der Waals surface area (Å²) in [5.41, 5.74) is 0. The lowest BCUT2D eigenvalue weighted by Gasteiger charge is -2.07. The summed E-state index contributed by atoms with van der Waals surface area (Å²) in [6, 6.07) is 13.4. The molecule has 0 heterocycles. The van der Waals surface area contributed by atoms with Crippen molar-refractivity contribution in [3.63, 3.8) is 0 Å². The zero-order chi connectivity index (χ0) is 14.4. The minimum atomic E-state index is -1.92. The molecule has 0 unspecified atom stereocenters. The van der Waals surface area contributed by atoms with Crippen LogP contribution in [0.4, 0.5) is 0 Å². The lowest BCUT2D eigenvalue weighted by atomic mass is 10.3. The molecule has 0 bridgehead atoms. The second-order valence-corrected chi connectivity index (χ2v) is 4.46. The Balaban J connectivity index is 1.93. The van der Waals surface area contributed by atoms with Crippen molar-refractivity contribution in [2.45, 2.75) is 0 Å². The van der Waals surface area contributed by atoms with Crippen LogP contribution in [0.2, 0.25) is 0 Å². The summed E-state index contributed by atoms with van der Waals surface area (Å²) in [6.45, 7) is 0. The summed E-state index contributed by atoms with van der Waals surface area (Å²) in [4.78, 5) is 0. The molecule has 2 aromatic carbocycles. The predicted octanol–water partition coefficient (Wildman–Crippen LogP) is 2.74. The van der Waals surface area contributed by atoms with Crippen molar-refractivity contribution >= 4 is 11.4 Å². The molecule has 2 aromatic rings. The van der Waals surface area contributed by atoms with Crippen LogP contribution in [0, 0.1) is 0 Å². The molecule has 2 rings (SSSR count). The zero-order valence-corrected chi connectivity index (χ0v) is 11.9. The number of hydrogen-bond donors (Lipinski definition) is 0. The average Bonchev–Trinajstić information content (AvgIpc) is 2.49. The van der Waals surface area contributed by atoms with Gasteiger partial charge in [-0.25, -0.2) is 0 Å². The molecule has 0 aliphatic rings. The second-order valence-electron chi connectivity index (χ2n) is 3.72. The third-order valence-electron chi connectivity index (χ3n) is 2.45. The van der Waals surface area contributed by atoms with Gasteiger partial charge in [-0.2, -0.15) is 4.21 Å². The zero-order valence-electron chi connectivity index (χ0n) is 11.1. The number of hydrogen-bond acceptors (Lipinski definition) is 5. The topological polar surface area (TPSA) is 54.0 Å². The van der Waals surface area contributed by atoms with Crippen LogP contribution >= 0.6 is 0 Å². The van der Waals surface area contributed by atoms with Crippen molar-refractivity contribution in [2.24, 2.45) is 0 Å². The van der Waals surface area contributed by atoms with E-state index in [4.69, 9.17) is 17.8 Å². The molecule has 6 heteroatoms. The first-order valence-electron chi connectivity index (χ1n) is 5.78. The quantitative estimate of drug-likeness (QED) is 0.820. The predicted molar refractivity (Wildman–Crippen MR) is 75.4 cm³/mol. The molecule has 0 aliphatic carbocycles. The van der Waals surface area contributed by atoms with Crippen molar-refractivity contribution in [2.75, 3.05) is 14.2 Å². The Labute approximate surface area is 119 Å². The van der Waals surface area contributed by atoms with Gasteiger partial charge in [-0.3, -0.25) is 0 Å². The van der Waals surface area contributed by atoms with Crippen LogP contribution in [0.15, 0.2) is 48.5 Å². The number of benzene rings is 2. The fourth-order valence-electron chi connectivity index (χ4n) is 1.44. The SMILES string of the molecule is COc1ccc(OS(=O)Oc2ccc(OC)cc2)cc1. The van der Waals surface area contributed by atoms with Crippen molar-refractivity contribution < 1.29 is 22.0 Å². The molecule has 20 heavy (non-hydrogen) atoms. The van der Waals surface area contributed by atoms with E-state index in [1.165, 1.54) is 0 Å². The molecule has 0 saturated heterocycles. The first kappa shape index (κ1) is 14.2. The summed E-state index contributed by atoms with van der Waals surface area (Å²) in [7, 11) is 3.14. The second kappa shape index (κ2) is 6.81. The maximum Gasteiger partial charge on any atom is 0.417 e. The van der Waals surface area contributed by atoms with E-state index in [1.807, 2.05) is 0 Å². The van der Waals surface area contributed by atoms with Crippen LogP contribution in [0.25, 0.3) is 0 Å². The Kier molecular flexibility index (Phi) is 4.84. The largest absolute Gasteiger partial charge is 0.497 e. The fourth-order valence-corrected chi connectivity index (χ4v) is 2.01. The number of rotatable bonds is 6. The molecular weight excluding hydrogens is 280 g/mol. The van der Waals surface area contributed by atoms with Crippen LogP contribution in [0.1, 0.15) is 0 Å². The first-order chi connectivity index (χ1) is 9.71. The van der Waals surface area contributed by atoms with E-state index in [-0.39, 0.29) is 0 Å². The molecule has 0 aliphatic heterocycles. The highest BCUT2D eigenvalue weighted by Gasteiger charge is 2.06. The summed E-state index contributed by atoms with van der Waals surface area (Å²) >= 11 is -1.92. The molecule has 0 N–H and O–H groups in total. The van der Waals surface area contributed by atoms with Gasteiger partial charge in [-0.1, -0.05) is 0 Å². The normalized spacial score (nSPS) is 10.2. The molecule has 0 fully saturated rings. The van der Waals surface area contributed by atoms with E-state index < -0.39 is 11.4 Å². The molecule has 0 radical (unpaired) electrons. The van der Waals surface area contributed by atoms with Gasteiger partial charge in [-0.05, 0) is 48.5 Å². The van der Waals surface area contributed by atoms with Gasteiger partial charge >= 0.3 is 11.4 Å². The van der Waals surface area contributed by atoms with Crippen molar-refractivity contribution in [1.82, 2.24) is 0 Å². The van der Waals surface area contributed by atoms with Crippen LogP contribution in [0.5, 0.6) is 23.0 Å². The minimum Gasteiger partial charge on any atom is -0.497 e. The van der Waals surface area contributed by atoms with Crippen molar-refractivity contribution in [1.29, 1.82) is 0 Å². The van der Waals surface area contributed by atoms with Gasteiger partial charge in [0.25, 0.3) is 0 Å². The molecule has 106 valence electrons.